The molecule has 21 heavy (non-hydrogen) atoms. The number of carboxylic acid groups (broad SMARTS) is 1. The number of benzene rings is 1. The van der Waals surface area contributed by atoms with Gasteiger partial charge in [-0.3, -0.25) is 9.59 Å². The van der Waals surface area contributed by atoms with Crippen LogP contribution in [0.2, 0.25) is 0 Å². The fraction of sp³-hybridized carbons (Fsp3) is 0.267. The summed E-state index contributed by atoms with van der Waals surface area (Å²) in [6.07, 6.45) is 1.81. The number of aliphatic carboxylic acids is 1. The van der Waals surface area contributed by atoms with E-state index >= 15 is 0 Å². The number of carbonyl (C=O) groups is 2. The van der Waals surface area contributed by atoms with E-state index in [9.17, 15) is 9.59 Å². The minimum absolute atomic E-state index is 0.118. The SMILES string of the molecule is NC(=O)c1cc2ccccc2nc1N(CC(=O)O)C1CC1. The van der Waals surface area contributed by atoms with Crippen molar-refractivity contribution in [2.24, 2.45) is 5.73 Å². The van der Waals surface area contributed by atoms with Crippen molar-refractivity contribution in [3.05, 3.63) is 35.9 Å². The second kappa shape index (κ2) is 5.05. The number of aromatic nitrogens is 1. The highest BCUT2D eigenvalue weighted by atomic mass is 16.4. The molecule has 6 nitrogen and oxygen atoms in total. The van der Waals surface area contributed by atoms with Crippen LogP contribution in [0.15, 0.2) is 30.3 Å². The molecule has 0 unspecified atom stereocenters. The second-order valence-corrected chi connectivity index (χ2v) is 5.17. The number of pyridine rings is 1. The highest BCUT2D eigenvalue weighted by molar-refractivity contribution is 6.02. The van der Waals surface area contributed by atoms with Crippen LogP contribution in [0.5, 0.6) is 0 Å². The molecule has 1 heterocycles. The van der Waals surface area contributed by atoms with Crippen molar-refractivity contribution < 1.29 is 14.7 Å². The summed E-state index contributed by atoms with van der Waals surface area (Å²) in [7, 11) is 0. The molecule has 108 valence electrons. The number of amides is 1. The van der Waals surface area contributed by atoms with E-state index in [1.807, 2.05) is 24.3 Å². The van der Waals surface area contributed by atoms with Crippen molar-refractivity contribution in [1.82, 2.24) is 4.98 Å². The van der Waals surface area contributed by atoms with Crippen LogP contribution in [0, 0.1) is 0 Å². The summed E-state index contributed by atoms with van der Waals surface area (Å²) < 4.78 is 0. The number of fused-ring (bicyclic) bond motifs is 1. The summed E-state index contributed by atoms with van der Waals surface area (Å²) in [6, 6.07) is 9.17. The normalized spacial score (nSPS) is 14.1. The number of nitrogens with two attached hydrogens (primary N) is 1. The molecule has 2 aromatic rings. The molecule has 1 aromatic heterocycles. The molecule has 1 aliphatic carbocycles. The van der Waals surface area contributed by atoms with Gasteiger partial charge in [-0.25, -0.2) is 4.98 Å². The van der Waals surface area contributed by atoms with E-state index in [-0.39, 0.29) is 18.2 Å². The van der Waals surface area contributed by atoms with Crippen LogP contribution in [-0.4, -0.2) is 34.6 Å². The molecular formula is C15H15N3O3. The molecule has 1 amide bonds. The number of hydrogen-bond donors (Lipinski definition) is 2. The maximum absolute atomic E-state index is 11.7. The van der Waals surface area contributed by atoms with Crippen molar-refractivity contribution in [2.45, 2.75) is 18.9 Å². The van der Waals surface area contributed by atoms with Gasteiger partial charge in [-0.15, -0.1) is 0 Å². The predicted octanol–water partition coefficient (Wildman–Crippen LogP) is 1.39. The van der Waals surface area contributed by atoms with Gasteiger partial charge >= 0.3 is 5.97 Å². The molecule has 3 rings (SSSR count). The van der Waals surface area contributed by atoms with Gasteiger partial charge in [-0.05, 0) is 25.0 Å². The van der Waals surface area contributed by atoms with Gasteiger partial charge < -0.3 is 15.7 Å². The number of primary amides is 1. The summed E-state index contributed by atoms with van der Waals surface area (Å²) in [5.41, 5.74) is 6.42. The molecular weight excluding hydrogens is 270 g/mol. The fourth-order valence-electron chi connectivity index (χ4n) is 2.41. The molecule has 6 heteroatoms. The smallest absolute Gasteiger partial charge is 0.323 e. The quantitative estimate of drug-likeness (QED) is 0.865. The Morgan fingerprint density at radius 3 is 2.67 bits per heavy atom. The first kappa shape index (κ1) is 13.4. The average molecular weight is 285 g/mol. The largest absolute Gasteiger partial charge is 0.480 e. The third kappa shape index (κ3) is 2.65. The zero-order valence-electron chi connectivity index (χ0n) is 11.3. The van der Waals surface area contributed by atoms with Crippen LogP contribution in [0.3, 0.4) is 0 Å². The van der Waals surface area contributed by atoms with Crippen LogP contribution < -0.4 is 10.6 Å². The third-order valence-corrected chi connectivity index (χ3v) is 3.53. The van der Waals surface area contributed by atoms with Crippen molar-refractivity contribution in [2.75, 3.05) is 11.4 Å². The van der Waals surface area contributed by atoms with Crippen LogP contribution in [0.25, 0.3) is 10.9 Å². The molecule has 0 radical (unpaired) electrons. The maximum Gasteiger partial charge on any atom is 0.323 e. The van der Waals surface area contributed by atoms with Crippen LogP contribution in [0.4, 0.5) is 5.82 Å². The topological polar surface area (TPSA) is 96.5 Å². The van der Waals surface area contributed by atoms with Gasteiger partial charge in [0.2, 0.25) is 0 Å². The maximum atomic E-state index is 11.7. The van der Waals surface area contributed by atoms with Gasteiger partial charge in [0.15, 0.2) is 0 Å². The summed E-state index contributed by atoms with van der Waals surface area (Å²) in [4.78, 5) is 28.9. The number of nitrogens with zero attached hydrogens (tertiary/aromatic N) is 2. The number of hydrogen-bond acceptors (Lipinski definition) is 4. The lowest BCUT2D eigenvalue weighted by molar-refractivity contribution is -0.135. The molecule has 1 fully saturated rings. The number of anilines is 1. The Morgan fingerprint density at radius 1 is 1.33 bits per heavy atom. The standard InChI is InChI=1S/C15H15N3O3/c16-14(21)11-7-9-3-1-2-4-12(9)17-15(11)18(8-13(19)20)10-5-6-10/h1-4,7,10H,5-6,8H2,(H2,16,21)(H,19,20). The summed E-state index contributed by atoms with van der Waals surface area (Å²) >= 11 is 0. The van der Waals surface area contributed by atoms with Gasteiger partial charge in [0.25, 0.3) is 5.91 Å². The molecule has 0 atom stereocenters. The van der Waals surface area contributed by atoms with E-state index in [1.165, 1.54) is 0 Å². The Bertz CT molecular complexity index is 725. The summed E-state index contributed by atoms with van der Waals surface area (Å²) in [5, 5.41) is 9.89. The fourth-order valence-corrected chi connectivity index (χ4v) is 2.41. The molecule has 0 spiro atoms. The van der Waals surface area contributed by atoms with Crippen molar-refractivity contribution in [3.63, 3.8) is 0 Å². The minimum atomic E-state index is -0.952. The lowest BCUT2D eigenvalue weighted by Gasteiger charge is -2.23. The minimum Gasteiger partial charge on any atom is -0.480 e. The molecule has 0 saturated heterocycles. The molecule has 1 saturated carbocycles. The molecule has 1 aromatic carbocycles. The molecule has 3 N–H and O–H groups in total. The van der Waals surface area contributed by atoms with Crippen molar-refractivity contribution in [1.29, 1.82) is 0 Å². The Hall–Kier alpha value is -2.63. The summed E-state index contributed by atoms with van der Waals surface area (Å²) in [5.74, 6) is -1.18. The number of para-hydroxylation sites is 1. The Kier molecular flexibility index (Phi) is 3.21. The van der Waals surface area contributed by atoms with E-state index in [2.05, 4.69) is 4.98 Å². The van der Waals surface area contributed by atoms with E-state index in [1.54, 1.807) is 11.0 Å². The molecule has 0 aliphatic heterocycles. The number of carboxylic acids is 1. The second-order valence-electron chi connectivity index (χ2n) is 5.17. The van der Waals surface area contributed by atoms with Crippen molar-refractivity contribution >= 4 is 28.6 Å². The summed E-state index contributed by atoms with van der Waals surface area (Å²) in [6.45, 7) is -0.184. The lowest BCUT2D eigenvalue weighted by Crippen LogP contribution is -2.34. The van der Waals surface area contributed by atoms with Crippen LogP contribution in [0.1, 0.15) is 23.2 Å². The van der Waals surface area contributed by atoms with Gasteiger partial charge in [0.1, 0.15) is 12.4 Å². The van der Waals surface area contributed by atoms with E-state index < -0.39 is 11.9 Å². The Balaban J connectivity index is 2.15. The zero-order chi connectivity index (χ0) is 15.0. The molecule has 0 bridgehead atoms. The first-order chi connectivity index (χ1) is 10.1. The van der Waals surface area contributed by atoms with Gasteiger partial charge in [-0.1, -0.05) is 18.2 Å². The third-order valence-electron chi connectivity index (χ3n) is 3.53. The van der Waals surface area contributed by atoms with Crippen LogP contribution in [-0.2, 0) is 4.79 Å². The van der Waals surface area contributed by atoms with Gasteiger partial charge in [-0.2, -0.15) is 0 Å². The van der Waals surface area contributed by atoms with E-state index in [4.69, 9.17) is 10.8 Å². The first-order valence-corrected chi connectivity index (χ1v) is 6.74. The highest BCUT2D eigenvalue weighted by Crippen LogP contribution is 2.33. The van der Waals surface area contributed by atoms with E-state index in [0.717, 1.165) is 18.2 Å². The van der Waals surface area contributed by atoms with Crippen molar-refractivity contribution in [3.8, 4) is 0 Å². The first-order valence-electron chi connectivity index (χ1n) is 6.74. The van der Waals surface area contributed by atoms with Gasteiger partial charge in [0, 0.05) is 11.4 Å². The lowest BCUT2D eigenvalue weighted by atomic mass is 10.1. The Labute approximate surface area is 121 Å². The monoisotopic (exact) mass is 285 g/mol. The zero-order valence-corrected chi connectivity index (χ0v) is 11.3. The number of rotatable bonds is 5. The molecule has 1 aliphatic rings. The predicted molar refractivity (Wildman–Crippen MR) is 78.3 cm³/mol. The average Bonchev–Trinajstić information content (AvgIpc) is 3.27. The van der Waals surface area contributed by atoms with E-state index in [0.29, 0.717) is 11.3 Å². The van der Waals surface area contributed by atoms with Crippen LogP contribution >= 0.6 is 0 Å². The van der Waals surface area contributed by atoms with Gasteiger partial charge in [0.05, 0.1) is 11.1 Å². The Morgan fingerprint density at radius 2 is 2.05 bits per heavy atom. The number of carbonyl (C=O) groups excluding carboxylic acids is 1. The highest BCUT2D eigenvalue weighted by Gasteiger charge is 2.33.